The molecule has 5 rings (SSSR count). The monoisotopic (exact) mass is 455 g/mol. The number of halogens is 1. The summed E-state index contributed by atoms with van der Waals surface area (Å²) in [7, 11) is -3.23. The Morgan fingerprint density at radius 3 is 1.62 bits per heavy atom. The number of hydrogen-bond acceptors (Lipinski definition) is 2. The van der Waals surface area contributed by atoms with E-state index in [1.807, 2.05) is 72.8 Å². The first-order chi connectivity index (χ1) is 15.6. The van der Waals surface area contributed by atoms with Crippen molar-refractivity contribution in [3.05, 3.63) is 120 Å². The lowest BCUT2D eigenvalue weighted by Gasteiger charge is -2.30. The van der Waals surface area contributed by atoms with E-state index in [-0.39, 0.29) is 12.2 Å². The summed E-state index contributed by atoms with van der Waals surface area (Å²) in [4.78, 5) is 0. The quantitative estimate of drug-likeness (QED) is 0.301. The molecular formula is C28H23ClNOP. The van der Waals surface area contributed by atoms with Crippen LogP contribution < -0.4 is 16.3 Å². The molecule has 0 aromatic heterocycles. The summed E-state index contributed by atoms with van der Waals surface area (Å²) in [5.41, 5.74) is 6.94. The predicted octanol–water partition coefficient (Wildman–Crippen LogP) is 6.66. The molecule has 0 aliphatic rings. The molecule has 0 bridgehead atoms. The number of hydrogen-bond donors (Lipinski definition) is 1. The van der Waals surface area contributed by atoms with Gasteiger partial charge >= 0.3 is 0 Å². The van der Waals surface area contributed by atoms with Gasteiger partial charge in [0.15, 0.2) is 7.14 Å². The molecular weight excluding hydrogens is 433 g/mol. The van der Waals surface area contributed by atoms with Crippen molar-refractivity contribution in [1.82, 2.24) is 0 Å². The first-order valence-corrected chi connectivity index (χ1v) is 12.8. The highest BCUT2D eigenvalue weighted by molar-refractivity contribution is 7.79. The van der Waals surface area contributed by atoms with Crippen molar-refractivity contribution in [2.45, 2.75) is 5.66 Å². The third-order valence-electron chi connectivity index (χ3n) is 6.17. The molecule has 0 saturated carbocycles. The van der Waals surface area contributed by atoms with Gasteiger partial charge in [-0.25, -0.2) is 0 Å². The van der Waals surface area contributed by atoms with Crippen molar-refractivity contribution >= 4 is 50.9 Å². The zero-order chi connectivity index (χ0) is 22.1. The predicted molar refractivity (Wildman–Crippen MR) is 138 cm³/mol. The summed E-state index contributed by atoms with van der Waals surface area (Å²) in [5, 5.41) is 6.47. The van der Waals surface area contributed by atoms with E-state index in [1.165, 1.54) is 0 Å². The Bertz CT molecular complexity index is 1370. The maximum absolute atomic E-state index is 15.5. The second-order valence-electron chi connectivity index (χ2n) is 7.96. The highest BCUT2D eigenvalue weighted by Gasteiger charge is 2.39. The van der Waals surface area contributed by atoms with Crippen molar-refractivity contribution in [3.8, 4) is 0 Å². The molecule has 158 valence electrons. The first-order valence-electron chi connectivity index (χ1n) is 10.6. The minimum atomic E-state index is -3.23. The standard InChI is InChI=1S/C28H23ClNOP/c29-23-17-15-22(16-18-23)28(19-30)32(31,26-13-5-9-20-7-1-3-11-24(20)26)27-14-6-10-21-8-2-4-12-25(21)27/h1-18,28H,19,30H2/t28-/m0/s1. The summed E-state index contributed by atoms with van der Waals surface area (Å²) in [6.45, 7) is 0.255. The Morgan fingerprint density at radius 1 is 0.656 bits per heavy atom. The average Bonchev–Trinajstić information content (AvgIpc) is 2.84. The molecule has 2 nitrogen and oxygen atoms in total. The Hall–Kier alpha value is -2.90. The molecule has 0 fully saturated rings. The summed E-state index contributed by atoms with van der Waals surface area (Å²) in [6.07, 6.45) is 0. The molecule has 1 atom stereocenters. The topological polar surface area (TPSA) is 43.1 Å². The molecule has 0 amide bonds. The largest absolute Gasteiger partial charge is 0.329 e. The van der Waals surface area contributed by atoms with Crippen LogP contribution >= 0.6 is 18.7 Å². The maximum atomic E-state index is 15.5. The van der Waals surface area contributed by atoms with Crippen LogP contribution in [0, 0.1) is 0 Å². The Morgan fingerprint density at radius 2 is 1.12 bits per heavy atom. The number of fused-ring (bicyclic) bond motifs is 2. The zero-order valence-corrected chi connectivity index (χ0v) is 19.1. The molecule has 0 heterocycles. The third kappa shape index (κ3) is 3.45. The molecule has 2 N–H and O–H groups in total. The van der Waals surface area contributed by atoms with E-state index in [0.717, 1.165) is 37.7 Å². The van der Waals surface area contributed by atoms with E-state index in [2.05, 4.69) is 36.4 Å². The van der Waals surface area contributed by atoms with Crippen molar-refractivity contribution < 1.29 is 4.57 Å². The van der Waals surface area contributed by atoms with Gasteiger partial charge < -0.3 is 10.3 Å². The van der Waals surface area contributed by atoms with Gasteiger partial charge in [0.25, 0.3) is 0 Å². The maximum Gasteiger partial charge on any atom is 0.152 e. The molecule has 0 saturated heterocycles. The second-order valence-corrected chi connectivity index (χ2v) is 11.3. The van der Waals surface area contributed by atoms with Crippen molar-refractivity contribution in [2.24, 2.45) is 5.73 Å². The minimum absolute atomic E-state index is 0.255. The number of benzene rings is 5. The van der Waals surface area contributed by atoms with Crippen LogP contribution in [0.4, 0.5) is 0 Å². The van der Waals surface area contributed by atoms with E-state index < -0.39 is 7.14 Å². The van der Waals surface area contributed by atoms with Gasteiger partial charge in [-0.1, -0.05) is 109 Å². The van der Waals surface area contributed by atoms with E-state index >= 15 is 4.57 Å². The molecule has 0 aliphatic heterocycles. The fraction of sp³-hybridized carbons (Fsp3) is 0.0714. The van der Waals surface area contributed by atoms with Gasteiger partial charge in [0.05, 0.1) is 5.66 Å². The van der Waals surface area contributed by atoms with Crippen molar-refractivity contribution in [2.75, 3.05) is 6.54 Å². The fourth-order valence-electron chi connectivity index (χ4n) is 4.64. The third-order valence-corrected chi connectivity index (χ3v) is 10.0. The van der Waals surface area contributed by atoms with Gasteiger partial charge in [0.1, 0.15) is 0 Å². The van der Waals surface area contributed by atoms with Gasteiger partial charge in [0.2, 0.25) is 0 Å². The molecule has 5 aromatic carbocycles. The zero-order valence-electron chi connectivity index (χ0n) is 17.5. The van der Waals surface area contributed by atoms with E-state index in [0.29, 0.717) is 5.02 Å². The smallest absolute Gasteiger partial charge is 0.152 e. The van der Waals surface area contributed by atoms with Gasteiger partial charge in [0, 0.05) is 22.2 Å². The Kier molecular flexibility index (Phi) is 5.61. The Balaban J connectivity index is 1.89. The molecule has 0 spiro atoms. The van der Waals surface area contributed by atoms with Crippen molar-refractivity contribution in [1.29, 1.82) is 0 Å². The summed E-state index contributed by atoms with van der Waals surface area (Å²) >= 11 is 6.16. The second kappa shape index (κ2) is 8.56. The summed E-state index contributed by atoms with van der Waals surface area (Å²) in [5.74, 6) is 0. The highest BCUT2D eigenvalue weighted by Crippen LogP contribution is 2.58. The van der Waals surface area contributed by atoms with E-state index in [4.69, 9.17) is 17.3 Å². The number of nitrogens with two attached hydrogens (primary N) is 1. The minimum Gasteiger partial charge on any atom is -0.329 e. The molecule has 0 aliphatic carbocycles. The van der Waals surface area contributed by atoms with Crippen LogP contribution in [0.2, 0.25) is 5.02 Å². The van der Waals surface area contributed by atoms with Crippen LogP contribution in [0.3, 0.4) is 0 Å². The van der Waals surface area contributed by atoms with Crippen LogP contribution in [0.15, 0.2) is 109 Å². The fourth-order valence-corrected chi connectivity index (χ4v) is 8.32. The lowest BCUT2D eigenvalue weighted by Crippen LogP contribution is -2.27. The summed E-state index contributed by atoms with van der Waals surface area (Å²) < 4.78 is 15.5. The lowest BCUT2D eigenvalue weighted by molar-refractivity contribution is 0.579. The van der Waals surface area contributed by atoms with Gasteiger partial charge in [-0.15, -0.1) is 0 Å². The van der Waals surface area contributed by atoms with Crippen molar-refractivity contribution in [3.63, 3.8) is 0 Å². The SMILES string of the molecule is NC[C@@H](c1ccc(Cl)cc1)P(=O)(c1cccc2ccccc12)c1cccc2ccccc12. The van der Waals surface area contributed by atoms with Crippen LogP contribution in [0.1, 0.15) is 11.2 Å². The van der Waals surface area contributed by atoms with Crippen LogP contribution in [-0.4, -0.2) is 6.54 Å². The van der Waals surface area contributed by atoms with E-state index in [9.17, 15) is 0 Å². The van der Waals surface area contributed by atoms with Crippen LogP contribution in [-0.2, 0) is 4.57 Å². The molecule has 5 aromatic rings. The molecule has 32 heavy (non-hydrogen) atoms. The van der Waals surface area contributed by atoms with Crippen LogP contribution in [0.25, 0.3) is 21.5 Å². The normalized spacial score (nSPS) is 12.8. The average molecular weight is 456 g/mol. The Labute approximate surface area is 193 Å². The highest BCUT2D eigenvalue weighted by atomic mass is 35.5. The molecule has 0 radical (unpaired) electrons. The molecule has 0 unspecified atom stereocenters. The number of rotatable bonds is 5. The van der Waals surface area contributed by atoms with Gasteiger partial charge in [-0.2, -0.15) is 0 Å². The van der Waals surface area contributed by atoms with Gasteiger partial charge in [-0.05, 0) is 39.2 Å². The van der Waals surface area contributed by atoms with Crippen LogP contribution in [0.5, 0.6) is 0 Å². The van der Waals surface area contributed by atoms with Gasteiger partial charge in [-0.3, -0.25) is 0 Å². The lowest BCUT2D eigenvalue weighted by atomic mass is 10.1. The summed E-state index contributed by atoms with van der Waals surface area (Å²) in [6, 6.07) is 35.9. The van der Waals surface area contributed by atoms with E-state index in [1.54, 1.807) is 0 Å². The molecule has 4 heteroatoms. The first kappa shape index (κ1) is 21.0.